The smallest absolute Gasteiger partial charge is 0.328 e. The number of unbranched alkanes of at least 4 members (excludes halogenated alkanes) is 9. The van der Waals surface area contributed by atoms with Gasteiger partial charge in [0.1, 0.15) is 5.75 Å². The van der Waals surface area contributed by atoms with Crippen molar-refractivity contribution < 1.29 is 24.1 Å². The van der Waals surface area contributed by atoms with Crippen LogP contribution in [0.2, 0.25) is 0 Å². The number of hydrogen-bond donors (Lipinski definition) is 1. The summed E-state index contributed by atoms with van der Waals surface area (Å²) >= 11 is 0. The van der Waals surface area contributed by atoms with Crippen LogP contribution < -0.4 is 14.2 Å². The van der Waals surface area contributed by atoms with Crippen LogP contribution in [-0.2, 0) is 4.79 Å². The Labute approximate surface area is 195 Å². The molecule has 0 aromatic heterocycles. The Morgan fingerprint density at radius 3 is 1.56 bits per heavy atom. The third-order valence-corrected chi connectivity index (χ3v) is 5.25. The highest BCUT2D eigenvalue weighted by molar-refractivity contribution is 5.86. The molecule has 182 valence electrons. The van der Waals surface area contributed by atoms with E-state index in [2.05, 4.69) is 20.8 Å². The number of aliphatic carboxylic acids is 1. The lowest BCUT2D eigenvalue weighted by atomic mass is 10.1. The maximum Gasteiger partial charge on any atom is 0.328 e. The summed E-state index contributed by atoms with van der Waals surface area (Å²) in [6.45, 7) is 8.41. The Morgan fingerprint density at radius 1 is 0.688 bits per heavy atom. The SMILES string of the molecule is CCCCCCOc1cc(OCCCCCC)c(OCCCCCC)cc1C=CC(=O)O. The first-order valence-electron chi connectivity index (χ1n) is 12.6. The number of rotatable bonds is 20. The second-order valence-electron chi connectivity index (χ2n) is 8.24. The molecule has 0 radical (unpaired) electrons. The Hall–Kier alpha value is -2.17. The van der Waals surface area contributed by atoms with Gasteiger partial charge in [-0.15, -0.1) is 0 Å². The Bertz CT molecular complexity index is 654. The average molecular weight is 449 g/mol. The van der Waals surface area contributed by atoms with Crippen molar-refractivity contribution >= 4 is 12.0 Å². The van der Waals surface area contributed by atoms with Crippen LogP contribution in [0.15, 0.2) is 18.2 Å². The van der Waals surface area contributed by atoms with Gasteiger partial charge in [-0.2, -0.15) is 0 Å². The highest BCUT2D eigenvalue weighted by Gasteiger charge is 2.13. The van der Waals surface area contributed by atoms with E-state index < -0.39 is 5.97 Å². The van der Waals surface area contributed by atoms with Crippen molar-refractivity contribution in [2.24, 2.45) is 0 Å². The van der Waals surface area contributed by atoms with Crippen molar-refractivity contribution in [3.8, 4) is 17.2 Å². The van der Waals surface area contributed by atoms with Crippen LogP contribution in [0.1, 0.15) is 103 Å². The topological polar surface area (TPSA) is 65.0 Å². The van der Waals surface area contributed by atoms with Crippen LogP contribution >= 0.6 is 0 Å². The maximum atomic E-state index is 11.1. The lowest BCUT2D eigenvalue weighted by Crippen LogP contribution is -2.05. The second-order valence-corrected chi connectivity index (χ2v) is 8.24. The summed E-state index contributed by atoms with van der Waals surface area (Å²) in [6, 6.07) is 3.71. The molecular weight excluding hydrogens is 404 g/mol. The molecule has 5 heteroatoms. The number of ether oxygens (including phenoxy) is 3. The first-order chi connectivity index (χ1) is 15.6. The summed E-state index contributed by atoms with van der Waals surface area (Å²) in [5.74, 6) is 0.978. The minimum atomic E-state index is -0.989. The fourth-order valence-corrected chi connectivity index (χ4v) is 3.33. The molecule has 0 heterocycles. The average Bonchev–Trinajstić information content (AvgIpc) is 2.78. The van der Waals surface area contributed by atoms with E-state index in [1.807, 2.05) is 12.1 Å². The summed E-state index contributed by atoms with van der Waals surface area (Å²) in [4.78, 5) is 11.1. The van der Waals surface area contributed by atoms with Gasteiger partial charge in [0.25, 0.3) is 0 Å². The maximum absolute atomic E-state index is 11.1. The van der Waals surface area contributed by atoms with Crippen LogP contribution in [-0.4, -0.2) is 30.9 Å². The van der Waals surface area contributed by atoms with Gasteiger partial charge in [-0.3, -0.25) is 0 Å². The van der Waals surface area contributed by atoms with Crippen LogP contribution in [0, 0.1) is 0 Å². The van der Waals surface area contributed by atoms with Gasteiger partial charge in [-0.05, 0) is 31.4 Å². The van der Waals surface area contributed by atoms with E-state index in [-0.39, 0.29) is 0 Å². The Kier molecular flexibility index (Phi) is 16.0. The molecule has 0 aliphatic heterocycles. The van der Waals surface area contributed by atoms with E-state index in [9.17, 15) is 4.79 Å². The van der Waals surface area contributed by atoms with Gasteiger partial charge in [0.2, 0.25) is 0 Å². The summed E-state index contributed by atoms with van der Waals surface area (Å²) < 4.78 is 18.2. The predicted molar refractivity (Wildman–Crippen MR) is 132 cm³/mol. The summed E-state index contributed by atoms with van der Waals surface area (Å²) in [7, 11) is 0. The zero-order valence-electron chi connectivity index (χ0n) is 20.5. The highest BCUT2D eigenvalue weighted by Crippen LogP contribution is 2.36. The molecule has 0 aliphatic rings. The molecule has 0 fully saturated rings. The van der Waals surface area contributed by atoms with Gasteiger partial charge in [-0.25, -0.2) is 4.79 Å². The molecule has 0 spiro atoms. The van der Waals surface area contributed by atoms with Crippen LogP contribution in [0.4, 0.5) is 0 Å². The third kappa shape index (κ3) is 12.6. The fraction of sp³-hybridized carbons (Fsp3) is 0.667. The molecule has 0 saturated heterocycles. The number of carbonyl (C=O) groups is 1. The molecule has 1 N–H and O–H groups in total. The molecule has 0 bridgehead atoms. The summed E-state index contributed by atoms with van der Waals surface area (Å²) in [5.41, 5.74) is 0.699. The van der Waals surface area contributed by atoms with Gasteiger partial charge in [-0.1, -0.05) is 78.6 Å². The number of carboxylic acids is 1. The van der Waals surface area contributed by atoms with Gasteiger partial charge in [0.15, 0.2) is 11.5 Å². The third-order valence-electron chi connectivity index (χ3n) is 5.25. The summed E-state index contributed by atoms with van der Waals surface area (Å²) in [6.07, 6.45) is 16.2. The zero-order valence-corrected chi connectivity index (χ0v) is 20.5. The zero-order chi connectivity index (χ0) is 23.4. The van der Waals surface area contributed by atoms with E-state index in [1.165, 1.54) is 38.5 Å². The van der Waals surface area contributed by atoms with Gasteiger partial charge in [0.05, 0.1) is 19.8 Å². The number of benzene rings is 1. The molecule has 0 saturated carbocycles. The quantitative estimate of drug-likeness (QED) is 0.164. The monoisotopic (exact) mass is 448 g/mol. The standard InChI is InChI=1S/C27H44O5/c1-4-7-10-13-18-30-24-22-26(32-20-15-12-9-6-3)25(31-19-14-11-8-5-2)21-23(24)16-17-27(28)29/h16-17,21-22H,4-15,18-20H2,1-3H3,(H,28,29). The van der Waals surface area contributed by atoms with Crippen LogP contribution in [0.5, 0.6) is 17.2 Å². The van der Waals surface area contributed by atoms with E-state index in [0.29, 0.717) is 42.6 Å². The fourth-order valence-electron chi connectivity index (χ4n) is 3.33. The van der Waals surface area contributed by atoms with Gasteiger partial charge >= 0.3 is 5.97 Å². The number of hydrogen-bond acceptors (Lipinski definition) is 4. The minimum absolute atomic E-state index is 0.598. The normalized spacial score (nSPS) is 11.1. The van der Waals surface area contributed by atoms with Crippen LogP contribution in [0.3, 0.4) is 0 Å². The van der Waals surface area contributed by atoms with Crippen molar-refractivity contribution in [2.75, 3.05) is 19.8 Å². The second kappa shape index (κ2) is 18.4. The predicted octanol–water partition coefficient (Wildman–Crippen LogP) is 7.66. The van der Waals surface area contributed by atoms with Crippen molar-refractivity contribution in [1.82, 2.24) is 0 Å². The molecular formula is C27H44O5. The first kappa shape index (κ1) is 27.9. The van der Waals surface area contributed by atoms with Gasteiger partial charge in [0, 0.05) is 17.7 Å². The molecule has 0 unspecified atom stereocenters. The van der Waals surface area contributed by atoms with E-state index in [1.54, 1.807) is 6.08 Å². The lowest BCUT2D eigenvalue weighted by Gasteiger charge is -2.17. The lowest BCUT2D eigenvalue weighted by molar-refractivity contribution is -0.131. The van der Waals surface area contributed by atoms with E-state index in [4.69, 9.17) is 19.3 Å². The molecule has 1 aromatic rings. The van der Waals surface area contributed by atoms with Crippen molar-refractivity contribution in [3.63, 3.8) is 0 Å². The van der Waals surface area contributed by atoms with Crippen molar-refractivity contribution in [1.29, 1.82) is 0 Å². The molecule has 1 aromatic carbocycles. The Morgan fingerprint density at radius 2 is 1.12 bits per heavy atom. The molecule has 0 aliphatic carbocycles. The molecule has 0 amide bonds. The van der Waals surface area contributed by atoms with Gasteiger partial charge < -0.3 is 19.3 Å². The number of carboxylic acid groups (broad SMARTS) is 1. The molecule has 0 atom stereocenters. The highest BCUT2D eigenvalue weighted by atomic mass is 16.5. The Balaban J connectivity index is 2.98. The largest absolute Gasteiger partial charge is 0.493 e. The molecule has 5 nitrogen and oxygen atoms in total. The molecule has 32 heavy (non-hydrogen) atoms. The molecule has 1 rings (SSSR count). The minimum Gasteiger partial charge on any atom is -0.493 e. The van der Waals surface area contributed by atoms with E-state index >= 15 is 0 Å². The summed E-state index contributed by atoms with van der Waals surface area (Å²) in [5, 5.41) is 9.09. The first-order valence-corrected chi connectivity index (χ1v) is 12.6. The van der Waals surface area contributed by atoms with Crippen molar-refractivity contribution in [3.05, 3.63) is 23.8 Å². The van der Waals surface area contributed by atoms with Crippen molar-refractivity contribution in [2.45, 2.75) is 97.8 Å². The van der Waals surface area contributed by atoms with Crippen LogP contribution in [0.25, 0.3) is 6.08 Å². The van der Waals surface area contributed by atoms with E-state index in [0.717, 1.165) is 44.6 Å².